The summed E-state index contributed by atoms with van der Waals surface area (Å²) in [5, 5.41) is -0.0359. The van der Waals surface area contributed by atoms with E-state index < -0.39 is 15.0 Å². The zero-order chi connectivity index (χ0) is 15.6. The second kappa shape index (κ2) is 6.33. The number of hydrogen-bond donors (Lipinski definition) is 0. The van der Waals surface area contributed by atoms with E-state index in [-0.39, 0.29) is 27.5 Å². The number of benzene rings is 1. The maximum absolute atomic E-state index is 11.8. The van der Waals surface area contributed by atoms with Gasteiger partial charge in [-0.2, -0.15) is 0 Å². The van der Waals surface area contributed by atoms with Gasteiger partial charge in [0.05, 0.1) is 17.2 Å². The third kappa shape index (κ3) is 5.31. The standard InChI is InChI=1S/C13H16Cl2O4S/c1-13(2,3)6-7-19-12(16)9-4-5-10(14)11(8-9)20(15,17)18/h4-5,8H,6-7H2,1-3H3. The minimum atomic E-state index is -4.00. The molecule has 0 saturated carbocycles. The van der Waals surface area contributed by atoms with Crippen molar-refractivity contribution >= 4 is 37.3 Å². The van der Waals surface area contributed by atoms with Crippen molar-refractivity contribution in [3.8, 4) is 0 Å². The summed E-state index contributed by atoms with van der Waals surface area (Å²) in [6.45, 7) is 6.35. The lowest BCUT2D eigenvalue weighted by Gasteiger charge is -2.17. The fourth-order valence-corrected chi connectivity index (χ4v) is 2.84. The maximum atomic E-state index is 11.8. The van der Waals surface area contributed by atoms with Crippen LogP contribution in [-0.2, 0) is 13.8 Å². The molecule has 0 N–H and O–H groups in total. The second-order valence-corrected chi connectivity index (χ2v) is 8.47. The van der Waals surface area contributed by atoms with Gasteiger partial charge in [0.2, 0.25) is 0 Å². The minimum absolute atomic E-state index is 0.0359. The molecule has 7 heteroatoms. The van der Waals surface area contributed by atoms with Crippen molar-refractivity contribution in [2.24, 2.45) is 5.41 Å². The van der Waals surface area contributed by atoms with E-state index in [9.17, 15) is 13.2 Å². The van der Waals surface area contributed by atoms with Gasteiger partial charge in [0.25, 0.3) is 9.05 Å². The van der Waals surface area contributed by atoms with Crippen LogP contribution in [0.5, 0.6) is 0 Å². The predicted octanol–water partition coefficient (Wildman–Crippen LogP) is 3.86. The van der Waals surface area contributed by atoms with Gasteiger partial charge in [-0.3, -0.25) is 0 Å². The van der Waals surface area contributed by atoms with Gasteiger partial charge < -0.3 is 4.74 Å². The van der Waals surface area contributed by atoms with Crippen LogP contribution in [0.4, 0.5) is 0 Å². The zero-order valence-corrected chi connectivity index (χ0v) is 13.8. The largest absolute Gasteiger partial charge is 0.462 e. The molecule has 0 aromatic heterocycles. The molecule has 0 aliphatic heterocycles. The molecule has 0 radical (unpaired) electrons. The molecule has 4 nitrogen and oxygen atoms in total. The molecule has 0 unspecified atom stereocenters. The first-order valence-corrected chi connectivity index (χ1v) is 8.61. The lowest BCUT2D eigenvalue weighted by atomic mass is 9.93. The summed E-state index contributed by atoms with van der Waals surface area (Å²) in [5.74, 6) is -0.604. The summed E-state index contributed by atoms with van der Waals surface area (Å²) >= 11 is 5.73. The van der Waals surface area contributed by atoms with E-state index in [0.717, 1.165) is 6.07 Å². The number of carbonyl (C=O) groups excluding carboxylic acids is 1. The monoisotopic (exact) mass is 338 g/mol. The Bertz CT molecular complexity index is 603. The SMILES string of the molecule is CC(C)(C)CCOC(=O)c1ccc(Cl)c(S(=O)(=O)Cl)c1. The van der Waals surface area contributed by atoms with Gasteiger partial charge in [0.1, 0.15) is 4.90 Å². The highest BCUT2D eigenvalue weighted by Crippen LogP contribution is 2.26. The van der Waals surface area contributed by atoms with Crippen molar-refractivity contribution in [1.29, 1.82) is 0 Å². The van der Waals surface area contributed by atoms with Crippen molar-refractivity contribution in [2.45, 2.75) is 32.1 Å². The van der Waals surface area contributed by atoms with E-state index in [4.69, 9.17) is 27.0 Å². The average Bonchev–Trinajstić information content (AvgIpc) is 2.26. The normalized spacial score (nSPS) is 12.2. The molecule has 112 valence electrons. The molecule has 0 heterocycles. The number of esters is 1. The summed E-state index contributed by atoms with van der Waals surface area (Å²) in [5.41, 5.74) is 0.146. The number of carbonyl (C=O) groups is 1. The molecule has 1 rings (SSSR count). The average molecular weight is 339 g/mol. The molecular weight excluding hydrogens is 323 g/mol. The van der Waals surface area contributed by atoms with Crippen molar-refractivity contribution in [3.05, 3.63) is 28.8 Å². The third-order valence-electron chi connectivity index (χ3n) is 2.51. The van der Waals surface area contributed by atoms with Gasteiger partial charge in [-0.05, 0) is 30.0 Å². The van der Waals surface area contributed by atoms with Crippen LogP contribution >= 0.6 is 22.3 Å². The van der Waals surface area contributed by atoms with Crippen LogP contribution in [0.1, 0.15) is 37.6 Å². The highest BCUT2D eigenvalue weighted by atomic mass is 35.7. The fraction of sp³-hybridized carbons (Fsp3) is 0.462. The molecule has 1 aromatic rings. The molecule has 0 fully saturated rings. The van der Waals surface area contributed by atoms with Gasteiger partial charge in [0, 0.05) is 10.7 Å². The van der Waals surface area contributed by atoms with E-state index in [0.29, 0.717) is 6.42 Å². The van der Waals surface area contributed by atoms with Crippen LogP contribution in [0.3, 0.4) is 0 Å². The van der Waals surface area contributed by atoms with Gasteiger partial charge in [-0.1, -0.05) is 32.4 Å². The highest BCUT2D eigenvalue weighted by molar-refractivity contribution is 8.13. The van der Waals surface area contributed by atoms with Crippen LogP contribution in [0.25, 0.3) is 0 Å². The van der Waals surface area contributed by atoms with Crippen LogP contribution in [0, 0.1) is 5.41 Å². The lowest BCUT2D eigenvalue weighted by molar-refractivity contribution is 0.0464. The van der Waals surface area contributed by atoms with E-state index >= 15 is 0 Å². The zero-order valence-electron chi connectivity index (χ0n) is 11.4. The Hall–Kier alpha value is -0.780. The van der Waals surface area contributed by atoms with Gasteiger partial charge in [-0.25, -0.2) is 13.2 Å². The molecule has 0 saturated heterocycles. The summed E-state index contributed by atoms with van der Waals surface area (Å²) < 4.78 is 27.7. The molecule has 1 aromatic carbocycles. The van der Waals surface area contributed by atoms with Crippen LogP contribution in [0.15, 0.2) is 23.1 Å². The number of ether oxygens (including phenoxy) is 1. The summed E-state index contributed by atoms with van der Waals surface area (Å²) in [4.78, 5) is 11.5. The van der Waals surface area contributed by atoms with Gasteiger partial charge in [0.15, 0.2) is 0 Å². The first-order valence-electron chi connectivity index (χ1n) is 5.92. The van der Waals surface area contributed by atoms with Crippen molar-refractivity contribution in [1.82, 2.24) is 0 Å². The molecular formula is C13H16Cl2O4S. The van der Waals surface area contributed by atoms with Crippen LogP contribution in [-0.4, -0.2) is 21.0 Å². The lowest BCUT2D eigenvalue weighted by Crippen LogP contribution is -2.13. The number of halogens is 2. The Kier molecular flexibility index (Phi) is 5.46. The van der Waals surface area contributed by atoms with Crippen molar-refractivity contribution in [2.75, 3.05) is 6.61 Å². The van der Waals surface area contributed by atoms with E-state index in [1.807, 2.05) is 20.8 Å². The highest BCUT2D eigenvalue weighted by Gasteiger charge is 2.19. The van der Waals surface area contributed by atoms with Crippen molar-refractivity contribution in [3.63, 3.8) is 0 Å². The van der Waals surface area contributed by atoms with E-state index in [1.54, 1.807) is 0 Å². The van der Waals surface area contributed by atoms with Crippen LogP contribution in [0.2, 0.25) is 5.02 Å². The predicted molar refractivity (Wildman–Crippen MR) is 78.8 cm³/mol. The number of hydrogen-bond acceptors (Lipinski definition) is 4. The molecule has 0 atom stereocenters. The van der Waals surface area contributed by atoms with E-state index in [2.05, 4.69) is 0 Å². The summed E-state index contributed by atoms with van der Waals surface area (Å²) in [7, 11) is 1.24. The topological polar surface area (TPSA) is 60.4 Å². The molecule has 0 amide bonds. The molecule has 0 spiro atoms. The molecule has 0 aliphatic carbocycles. The maximum Gasteiger partial charge on any atom is 0.338 e. The quantitative estimate of drug-likeness (QED) is 0.617. The van der Waals surface area contributed by atoms with Gasteiger partial charge in [-0.15, -0.1) is 0 Å². The summed E-state index contributed by atoms with van der Waals surface area (Å²) in [6, 6.07) is 3.81. The van der Waals surface area contributed by atoms with E-state index in [1.165, 1.54) is 12.1 Å². The Balaban J connectivity index is 2.85. The Morgan fingerprint density at radius 1 is 1.30 bits per heavy atom. The minimum Gasteiger partial charge on any atom is -0.462 e. The molecule has 20 heavy (non-hydrogen) atoms. The molecule has 0 bridgehead atoms. The smallest absolute Gasteiger partial charge is 0.338 e. The first kappa shape index (κ1) is 17.3. The molecule has 0 aliphatic rings. The Morgan fingerprint density at radius 2 is 1.90 bits per heavy atom. The number of rotatable bonds is 4. The first-order chi connectivity index (χ1) is 9.00. The van der Waals surface area contributed by atoms with Crippen molar-refractivity contribution < 1.29 is 17.9 Å². The Morgan fingerprint density at radius 3 is 2.40 bits per heavy atom. The third-order valence-corrected chi connectivity index (χ3v) is 4.32. The fourth-order valence-electron chi connectivity index (χ4n) is 1.35. The summed E-state index contributed by atoms with van der Waals surface area (Å²) in [6.07, 6.45) is 0.701. The Labute approximate surface area is 128 Å². The van der Waals surface area contributed by atoms with Gasteiger partial charge >= 0.3 is 5.97 Å². The van der Waals surface area contributed by atoms with Crippen LogP contribution < -0.4 is 0 Å². The second-order valence-electron chi connectivity index (χ2n) is 5.53.